The minimum atomic E-state index is -0.0199. The standard InChI is InChI=1S/C19H32N6O2/c1-24(2)18(26)15-23-19(21-10-13-27-3)22-14-16-6-11-25(12-7-16)17-4-8-20-9-5-17/h4-5,8-9,16H,6-7,10-15H2,1-3H3,(H2,21,22,23). The Morgan fingerprint density at radius 1 is 1.30 bits per heavy atom. The number of hydrogen-bond acceptors (Lipinski definition) is 5. The molecule has 8 heteroatoms. The summed E-state index contributed by atoms with van der Waals surface area (Å²) in [6.45, 7) is 4.30. The van der Waals surface area contributed by atoms with Crippen LogP contribution in [-0.2, 0) is 9.53 Å². The van der Waals surface area contributed by atoms with Crippen molar-refractivity contribution in [2.75, 3.05) is 65.4 Å². The van der Waals surface area contributed by atoms with Crippen LogP contribution in [0.3, 0.4) is 0 Å². The Balaban J connectivity index is 1.80. The fourth-order valence-corrected chi connectivity index (χ4v) is 2.93. The number of hydrogen-bond donors (Lipinski definition) is 2. The van der Waals surface area contributed by atoms with Crippen LogP contribution in [0.1, 0.15) is 12.8 Å². The lowest BCUT2D eigenvalue weighted by molar-refractivity contribution is -0.127. The highest BCUT2D eigenvalue weighted by Gasteiger charge is 2.19. The van der Waals surface area contributed by atoms with Crippen molar-refractivity contribution in [1.82, 2.24) is 20.5 Å². The van der Waals surface area contributed by atoms with Crippen molar-refractivity contribution in [2.45, 2.75) is 12.8 Å². The quantitative estimate of drug-likeness (QED) is 0.392. The van der Waals surface area contributed by atoms with E-state index in [-0.39, 0.29) is 12.5 Å². The number of piperidine rings is 1. The zero-order chi connectivity index (χ0) is 19.5. The molecule has 1 saturated heterocycles. The third-order valence-corrected chi connectivity index (χ3v) is 4.67. The van der Waals surface area contributed by atoms with E-state index >= 15 is 0 Å². The van der Waals surface area contributed by atoms with E-state index in [1.807, 2.05) is 12.4 Å². The average molecular weight is 377 g/mol. The van der Waals surface area contributed by atoms with Gasteiger partial charge in [0, 0.05) is 65.5 Å². The van der Waals surface area contributed by atoms with E-state index in [0.717, 1.165) is 32.5 Å². The van der Waals surface area contributed by atoms with Crippen LogP contribution >= 0.6 is 0 Å². The SMILES string of the molecule is COCCNC(=NCC(=O)N(C)C)NCC1CCN(c2ccncc2)CC1. The first-order valence-corrected chi connectivity index (χ1v) is 9.46. The molecule has 2 N–H and O–H groups in total. The lowest BCUT2D eigenvalue weighted by Crippen LogP contribution is -2.44. The normalized spacial score (nSPS) is 15.5. The van der Waals surface area contributed by atoms with Gasteiger partial charge in [-0.2, -0.15) is 0 Å². The summed E-state index contributed by atoms with van der Waals surface area (Å²) in [7, 11) is 5.14. The highest BCUT2D eigenvalue weighted by atomic mass is 16.5. The molecule has 8 nitrogen and oxygen atoms in total. The predicted octanol–water partition coefficient (Wildman–Crippen LogP) is 0.568. The minimum Gasteiger partial charge on any atom is -0.383 e. The number of likely N-dealkylation sites (N-methyl/N-ethyl adjacent to an activating group) is 1. The summed E-state index contributed by atoms with van der Waals surface area (Å²) in [6.07, 6.45) is 5.92. The highest BCUT2D eigenvalue weighted by molar-refractivity contribution is 5.84. The minimum absolute atomic E-state index is 0.0199. The van der Waals surface area contributed by atoms with Gasteiger partial charge in [-0.05, 0) is 30.9 Å². The van der Waals surface area contributed by atoms with Gasteiger partial charge in [0.25, 0.3) is 0 Å². The third-order valence-electron chi connectivity index (χ3n) is 4.67. The summed E-state index contributed by atoms with van der Waals surface area (Å²) in [6, 6.07) is 4.12. The van der Waals surface area contributed by atoms with Crippen molar-refractivity contribution >= 4 is 17.6 Å². The van der Waals surface area contributed by atoms with Gasteiger partial charge in [0.15, 0.2) is 5.96 Å². The molecule has 0 saturated carbocycles. The van der Waals surface area contributed by atoms with Crippen molar-refractivity contribution in [3.63, 3.8) is 0 Å². The Morgan fingerprint density at radius 2 is 2.00 bits per heavy atom. The second-order valence-corrected chi connectivity index (χ2v) is 6.89. The molecule has 0 atom stereocenters. The van der Waals surface area contributed by atoms with Crippen LogP contribution in [0.25, 0.3) is 0 Å². The maximum Gasteiger partial charge on any atom is 0.243 e. The fraction of sp³-hybridized carbons (Fsp3) is 0.632. The molecule has 1 aromatic heterocycles. The van der Waals surface area contributed by atoms with E-state index in [1.165, 1.54) is 5.69 Å². The van der Waals surface area contributed by atoms with Crippen LogP contribution in [0.15, 0.2) is 29.5 Å². The predicted molar refractivity (Wildman–Crippen MR) is 108 cm³/mol. The average Bonchev–Trinajstić information content (AvgIpc) is 2.70. The molecule has 1 aliphatic rings. The number of ether oxygens (including phenoxy) is 1. The van der Waals surface area contributed by atoms with Gasteiger partial charge in [0.05, 0.1) is 6.61 Å². The number of carbonyl (C=O) groups is 1. The number of pyridine rings is 1. The van der Waals surface area contributed by atoms with Gasteiger partial charge >= 0.3 is 0 Å². The van der Waals surface area contributed by atoms with Crippen molar-refractivity contribution < 1.29 is 9.53 Å². The van der Waals surface area contributed by atoms with Gasteiger partial charge < -0.3 is 25.2 Å². The number of anilines is 1. The molecule has 27 heavy (non-hydrogen) atoms. The summed E-state index contributed by atoms with van der Waals surface area (Å²) in [5.41, 5.74) is 1.24. The number of guanidine groups is 1. The van der Waals surface area contributed by atoms with Gasteiger partial charge in [0.1, 0.15) is 6.54 Å². The summed E-state index contributed by atoms with van der Waals surface area (Å²) in [5.74, 6) is 1.23. The van der Waals surface area contributed by atoms with Crippen LogP contribution in [0.2, 0.25) is 0 Å². The summed E-state index contributed by atoms with van der Waals surface area (Å²) in [5, 5.41) is 6.60. The first kappa shape index (κ1) is 21.0. The largest absolute Gasteiger partial charge is 0.383 e. The Bertz CT molecular complexity index is 585. The van der Waals surface area contributed by atoms with E-state index in [9.17, 15) is 4.79 Å². The summed E-state index contributed by atoms with van der Waals surface area (Å²) in [4.78, 5) is 24.2. The van der Waals surface area contributed by atoms with Gasteiger partial charge in [0.2, 0.25) is 5.91 Å². The smallest absolute Gasteiger partial charge is 0.243 e. The lowest BCUT2D eigenvalue weighted by Gasteiger charge is -2.33. The fourth-order valence-electron chi connectivity index (χ4n) is 2.93. The summed E-state index contributed by atoms with van der Waals surface area (Å²) >= 11 is 0. The van der Waals surface area contributed by atoms with Crippen LogP contribution < -0.4 is 15.5 Å². The Hall–Kier alpha value is -2.35. The molecule has 1 amide bonds. The maximum absolute atomic E-state index is 11.8. The van der Waals surface area contributed by atoms with Crippen molar-refractivity contribution in [3.05, 3.63) is 24.5 Å². The van der Waals surface area contributed by atoms with Crippen molar-refractivity contribution in [1.29, 1.82) is 0 Å². The molecule has 2 rings (SSSR count). The molecule has 0 aliphatic carbocycles. The first-order valence-electron chi connectivity index (χ1n) is 9.46. The zero-order valence-corrected chi connectivity index (χ0v) is 16.6. The van der Waals surface area contributed by atoms with E-state index in [0.29, 0.717) is 25.0 Å². The number of amides is 1. The molecular formula is C19H32N6O2. The molecule has 1 fully saturated rings. The first-order chi connectivity index (χ1) is 13.1. The highest BCUT2D eigenvalue weighted by Crippen LogP contribution is 2.22. The molecule has 150 valence electrons. The molecule has 0 unspecified atom stereocenters. The number of aliphatic imine (C=N–C) groups is 1. The van der Waals surface area contributed by atoms with E-state index < -0.39 is 0 Å². The number of carbonyl (C=O) groups excluding carboxylic acids is 1. The van der Waals surface area contributed by atoms with Crippen LogP contribution in [-0.4, -0.2) is 82.3 Å². The Labute approximate surface area is 162 Å². The molecule has 0 aromatic carbocycles. The van der Waals surface area contributed by atoms with E-state index in [4.69, 9.17) is 4.74 Å². The van der Waals surface area contributed by atoms with E-state index in [1.54, 1.807) is 26.1 Å². The van der Waals surface area contributed by atoms with Crippen molar-refractivity contribution in [3.8, 4) is 0 Å². The number of nitrogens with one attached hydrogen (secondary N) is 2. The van der Waals surface area contributed by atoms with Crippen LogP contribution in [0.4, 0.5) is 5.69 Å². The number of nitrogens with zero attached hydrogens (tertiary/aromatic N) is 4. The number of methoxy groups -OCH3 is 1. The van der Waals surface area contributed by atoms with Crippen LogP contribution in [0, 0.1) is 5.92 Å². The third kappa shape index (κ3) is 7.42. The van der Waals surface area contributed by atoms with Gasteiger partial charge in [-0.1, -0.05) is 0 Å². The van der Waals surface area contributed by atoms with E-state index in [2.05, 4.69) is 37.6 Å². The second-order valence-electron chi connectivity index (χ2n) is 6.89. The molecular weight excluding hydrogens is 344 g/mol. The van der Waals surface area contributed by atoms with Gasteiger partial charge in [-0.3, -0.25) is 9.78 Å². The maximum atomic E-state index is 11.8. The molecule has 1 aliphatic heterocycles. The molecule has 2 heterocycles. The Morgan fingerprint density at radius 3 is 2.63 bits per heavy atom. The van der Waals surface area contributed by atoms with Gasteiger partial charge in [-0.25, -0.2) is 4.99 Å². The second kappa shape index (κ2) is 11.4. The summed E-state index contributed by atoms with van der Waals surface area (Å²) < 4.78 is 5.07. The van der Waals surface area contributed by atoms with Gasteiger partial charge in [-0.15, -0.1) is 0 Å². The van der Waals surface area contributed by atoms with Crippen LogP contribution in [0.5, 0.6) is 0 Å². The topological polar surface area (TPSA) is 82.1 Å². The monoisotopic (exact) mass is 376 g/mol. The zero-order valence-electron chi connectivity index (χ0n) is 16.6. The Kier molecular flexibility index (Phi) is 8.83. The number of rotatable bonds is 8. The molecule has 0 bridgehead atoms. The molecule has 1 aromatic rings. The molecule has 0 spiro atoms. The van der Waals surface area contributed by atoms with Crippen molar-refractivity contribution in [2.24, 2.45) is 10.9 Å². The number of aromatic nitrogens is 1. The molecule has 0 radical (unpaired) electrons. The lowest BCUT2D eigenvalue weighted by atomic mass is 9.96.